The van der Waals surface area contributed by atoms with E-state index >= 15 is 0 Å². The second-order valence-corrected chi connectivity index (χ2v) is 5.03. The summed E-state index contributed by atoms with van der Waals surface area (Å²) >= 11 is 0. The molecular weight excluding hydrogens is 242 g/mol. The van der Waals surface area contributed by atoms with Crippen LogP contribution in [0.15, 0.2) is 12.1 Å². The molecule has 2 unspecified atom stereocenters. The standard InChI is InChI=1S/C14H23N3O2/c1-3-19-14-10(15)8-9-13(16-14)17(2)11-6-4-5-7-12(11)18/h8-9,11-12,18H,3-7,15H2,1-2H3. The molecule has 19 heavy (non-hydrogen) atoms. The van der Waals surface area contributed by atoms with Crippen molar-refractivity contribution in [2.45, 2.75) is 44.8 Å². The lowest BCUT2D eigenvalue weighted by atomic mass is 9.91. The van der Waals surface area contributed by atoms with E-state index in [1.54, 1.807) is 6.07 Å². The van der Waals surface area contributed by atoms with E-state index in [-0.39, 0.29) is 12.1 Å². The summed E-state index contributed by atoms with van der Waals surface area (Å²) in [6, 6.07) is 3.80. The van der Waals surface area contributed by atoms with Crippen LogP contribution < -0.4 is 15.4 Å². The number of rotatable bonds is 4. The van der Waals surface area contributed by atoms with Crippen molar-refractivity contribution in [3.63, 3.8) is 0 Å². The molecule has 1 saturated carbocycles. The fourth-order valence-electron chi connectivity index (χ4n) is 2.60. The highest BCUT2D eigenvalue weighted by molar-refractivity contribution is 5.54. The Morgan fingerprint density at radius 3 is 2.84 bits per heavy atom. The Balaban J connectivity index is 2.18. The van der Waals surface area contributed by atoms with Crippen molar-refractivity contribution in [2.24, 2.45) is 0 Å². The Bertz CT molecular complexity index is 425. The number of hydrogen-bond acceptors (Lipinski definition) is 5. The van der Waals surface area contributed by atoms with Crippen molar-refractivity contribution in [2.75, 3.05) is 24.3 Å². The van der Waals surface area contributed by atoms with E-state index in [0.29, 0.717) is 18.2 Å². The first-order valence-corrected chi connectivity index (χ1v) is 6.93. The average Bonchev–Trinajstić information content (AvgIpc) is 2.41. The molecule has 0 amide bonds. The number of anilines is 2. The van der Waals surface area contributed by atoms with Gasteiger partial charge in [0.2, 0.25) is 5.88 Å². The molecule has 1 heterocycles. The summed E-state index contributed by atoms with van der Waals surface area (Å²) in [5.41, 5.74) is 6.37. The third-order valence-electron chi connectivity index (χ3n) is 3.71. The van der Waals surface area contributed by atoms with Crippen LogP contribution in [0.3, 0.4) is 0 Å². The SMILES string of the molecule is CCOc1nc(N(C)C2CCCCC2O)ccc1N. The molecule has 1 aromatic heterocycles. The first-order chi connectivity index (χ1) is 9.13. The number of aliphatic hydroxyl groups excluding tert-OH is 1. The number of likely N-dealkylation sites (N-methyl/N-ethyl adjacent to an activating group) is 1. The van der Waals surface area contributed by atoms with Gasteiger partial charge in [0.15, 0.2) is 0 Å². The first-order valence-electron chi connectivity index (χ1n) is 6.93. The van der Waals surface area contributed by atoms with Gasteiger partial charge in [-0.15, -0.1) is 0 Å². The van der Waals surface area contributed by atoms with E-state index in [1.807, 2.05) is 24.9 Å². The molecule has 3 N–H and O–H groups in total. The van der Waals surface area contributed by atoms with Gasteiger partial charge in [0, 0.05) is 7.05 Å². The monoisotopic (exact) mass is 265 g/mol. The topological polar surface area (TPSA) is 71.6 Å². The van der Waals surface area contributed by atoms with Gasteiger partial charge in [0.25, 0.3) is 0 Å². The molecule has 0 bridgehead atoms. The van der Waals surface area contributed by atoms with Crippen molar-refractivity contribution in [3.05, 3.63) is 12.1 Å². The molecule has 0 aliphatic heterocycles. The maximum atomic E-state index is 10.1. The van der Waals surface area contributed by atoms with Crippen molar-refractivity contribution in [3.8, 4) is 5.88 Å². The van der Waals surface area contributed by atoms with Gasteiger partial charge in [-0.05, 0) is 31.9 Å². The lowest BCUT2D eigenvalue weighted by molar-refractivity contribution is 0.106. The minimum absolute atomic E-state index is 0.124. The predicted molar refractivity (Wildman–Crippen MR) is 76.5 cm³/mol. The maximum Gasteiger partial charge on any atom is 0.239 e. The molecule has 0 aromatic carbocycles. The van der Waals surface area contributed by atoms with Crippen LogP contribution in [0.25, 0.3) is 0 Å². The zero-order valence-corrected chi connectivity index (χ0v) is 11.7. The molecule has 5 nitrogen and oxygen atoms in total. The van der Waals surface area contributed by atoms with Crippen LogP contribution in [0.4, 0.5) is 11.5 Å². The summed E-state index contributed by atoms with van der Waals surface area (Å²) in [7, 11) is 1.97. The molecule has 5 heteroatoms. The third-order valence-corrected chi connectivity index (χ3v) is 3.71. The predicted octanol–water partition coefficient (Wildman–Crippen LogP) is 1.80. The van der Waals surface area contributed by atoms with Crippen LogP contribution in [0.2, 0.25) is 0 Å². The number of pyridine rings is 1. The zero-order chi connectivity index (χ0) is 13.8. The fourth-order valence-corrected chi connectivity index (χ4v) is 2.60. The van der Waals surface area contributed by atoms with Crippen LogP contribution in [-0.2, 0) is 0 Å². The molecule has 1 aliphatic carbocycles. The van der Waals surface area contributed by atoms with Crippen LogP contribution in [0.1, 0.15) is 32.6 Å². The van der Waals surface area contributed by atoms with Crippen molar-refractivity contribution < 1.29 is 9.84 Å². The van der Waals surface area contributed by atoms with Crippen LogP contribution in [0.5, 0.6) is 5.88 Å². The molecule has 0 radical (unpaired) electrons. The molecule has 0 saturated heterocycles. The minimum atomic E-state index is -0.284. The summed E-state index contributed by atoms with van der Waals surface area (Å²) < 4.78 is 5.42. The Hall–Kier alpha value is -1.49. The summed E-state index contributed by atoms with van der Waals surface area (Å²) in [6.45, 7) is 2.44. The minimum Gasteiger partial charge on any atom is -0.476 e. The van der Waals surface area contributed by atoms with Crippen LogP contribution in [0, 0.1) is 0 Å². The Kier molecular flexibility index (Phi) is 4.47. The van der Waals surface area contributed by atoms with E-state index in [2.05, 4.69) is 4.98 Å². The van der Waals surface area contributed by atoms with E-state index in [9.17, 15) is 5.11 Å². The van der Waals surface area contributed by atoms with E-state index in [4.69, 9.17) is 10.5 Å². The molecule has 2 atom stereocenters. The highest BCUT2D eigenvalue weighted by Crippen LogP contribution is 2.28. The Morgan fingerprint density at radius 1 is 1.42 bits per heavy atom. The second kappa shape index (κ2) is 6.10. The molecule has 2 rings (SSSR count). The number of nitrogens with two attached hydrogens (primary N) is 1. The van der Waals surface area contributed by atoms with Gasteiger partial charge in [0.05, 0.1) is 24.4 Å². The highest BCUT2D eigenvalue weighted by atomic mass is 16.5. The first kappa shape index (κ1) is 13.9. The highest BCUT2D eigenvalue weighted by Gasteiger charge is 2.27. The number of nitrogens with zero attached hydrogens (tertiary/aromatic N) is 2. The average molecular weight is 265 g/mol. The number of ether oxygens (including phenoxy) is 1. The lowest BCUT2D eigenvalue weighted by Gasteiger charge is -2.36. The lowest BCUT2D eigenvalue weighted by Crippen LogP contribution is -2.43. The van der Waals surface area contributed by atoms with Crippen molar-refractivity contribution in [1.29, 1.82) is 0 Å². The third kappa shape index (κ3) is 3.10. The van der Waals surface area contributed by atoms with Gasteiger partial charge in [0.1, 0.15) is 5.82 Å². The van der Waals surface area contributed by atoms with Gasteiger partial charge < -0.3 is 20.5 Å². The Morgan fingerprint density at radius 2 is 2.16 bits per heavy atom. The van der Waals surface area contributed by atoms with Crippen LogP contribution >= 0.6 is 0 Å². The quantitative estimate of drug-likeness (QED) is 0.868. The molecule has 1 aromatic rings. The Labute approximate surface area is 114 Å². The molecule has 0 spiro atoms. The van der Waals surface area contributed by atoms with Crippen molar-refractivity contribution in [1.82, 2.24) is 4.98 Å². The number of nitrogen functional groups attached to an aromatic ring is 1. The fraction of sp³-hybridized carbons (Fsp3) is 0.643. The summed E-state index contributed by atoms with van der Waals surface area (Å²) in [6.07, 6.45) is 3.83. The normalized spacial score (nSPS) is 23.1. The number of aliphatic hydroxyl groups is 1. The number of hydrogen-bond donors (Lipinski definition) is 2. The second-order valence-electron chi connectivity index (χ2n) is 5.03. The molecule has 1 aliphatic rings. The van der Waals surface area contributed by atoms with Crippen LogP contribution in [-0.4, -0.2) is 35.9 Å². The maximum absolute atomic E-state index is 10.1. The van der Waals surface area contributed by atoms with Crippen molar-refractivity contribution >= 4 is 11.5 Å². The van der Waals surface area contributed by atoms with Gasteiger partial charge in [-0.25, -0.2) is 0 Å². The van der Waals surface area contributed by atoms with Gasteiger partial charge in [-0.3, -0.25) is 0 Å². The smallest absolute Gasteiger partial charge is 0.239 e. The van der Waals surface area contributed by atoms with E-state index in [0.717, 1.165) is 31.5 Å². The zero-order valence-electron chi connectivity index (χ0n) is 11.7. The summed E-state index contributed by atoms with van der Waals surface area (Å²) in [5, 5.41) is 10.1. The van der Waals surface area contributed by atoms with E-state index in [1.165, 1.54) is 0 Å². The molecule has 1 fully saturated rings. The van der Waals surface area contributed by atoms with E-state index < -0.39 is 0 Å². The van der Waals surface area contributed by atoms with Gasteiger partial charge >= 0.3 is 0 Å². The molecule has 106 valence electrons. The largest absolute Gasteiger partial charge is 0.476 e. The molecular formula is C14H23N3O2. The summed E-state index contributed by atoms with van der Waals surface area (Å²) in [4.78, 5) is 6.47. The number of aromatic nitrogens is 1. The summed E-state index contributed by atoms with van der Waals surface area (Å²) in [5.74, 6) is 1.26. The van der Waals surface area contributed by atoms with Gasteiger partial charge in [-0.2, -0.15) is 4.98 Å². The van der Waals surface area contributed by atoms with Gasteiger partial charge in [-0.1, -0.05) is 12.8 Å².